The molecule has 0 atom stereocenters. The first kappa shape index (κ1) is 14.3. The molecule has 0 fully saturated rings. The minimum absolute atomic E-state index is 0.0962. The first-order chi connectivity index (χ1) is 8.36. The van der Waals surface area contributed by atoms with Gasteiger partial charge in [-0.2, -0.15) is 0 Å². The maximum Gasteiger partial charge on any atom is 0.236 e. The minimum Gasteiger partial charge on any atom is -0.389 e. The van der Waals surface area contributed by atoms with Crippen LogP contribution in [-0.4, -0.2) is 24.0 Å². The van der Waals surface area contributed by atoms with E-state index in [-0.39, 0.29) is 29.3 Å². The molecule has 4 nitrogen and oxygen atoms in total. The van der Waals surface area contributed by atoms with Gasteiger partial charge in [-0.1, -0.05) is 12.2 Å². The van der Waals surface area contributed by atoms with Gasteiger partial charge in [-0.3, -0.25) is 4.79 Å². The van der Waals surface area contributed by atoms with E-state index in [0.29, 0.717) is 0 Å². The van der Waals surface area contributed by atoms with Crippen LogP contribution < -0.4 is 16.4 Å². The summed E-state index contributed by atoms with van der Waals surface area (Å²) < 4.78 is 27.6. The third-order valence-corrected chi connectivity index (χ3v) is 2.58. The van der Waals surface area contributed by atoms with Gasteiger partial charge in [-0.05, 0) is 19.1 Å². The van der Waals surface area contributed by atoms with Crippen molar-refractivity contribution in [3.05, 3.63) is 29.3 Å². The van der Waals surface area contributed by atoms with Gasteiger partial charge in [-0.15, -0.1) is 0 Å². The molecule has 7 heteroatoms. The SMILES string of the molecule is CCN(CC(N)=O)c1c(F)cc(C(N)=S)cc1F. The number of anilines is 1. The smallest absolute Gasteiger partial charge is 0.236 e. The number of benzene rings is 1. The lowest BCUT2D eigenvalue weighted by Crippen LogP contribution is -2.35. The van der Waals surface area contributed by atoms with E-state index in [0.717, 1.165) is 12.1 Å². The number of likely N-dealkylation sites (N-methyl/N-ethyl adjacent to an activating group) is 1. The first-order valence-corrected chi connectivity index (χ1v) is 5.59. The normalized spacial score (nSPS) is 10.2. The second-order valence-corrected chi connectivity index (χ2v) is 4.07. The van der Waals surface area contributed by atoms with Gasteiger partial charge < -0.3 is 16.4 Å². The lowest BCUT2D eigenvalue weighted by molar-refractivity contribution is -0.116. The highest BCUT2D eigenvalue weighted by atomic mass is 32.1. The van der Waals surface area contributed by atoms with Crippen LogP contribution in [0.4, 0.5) is 14.5 Å². The number of rotatable bonds is 5. The van der Waals surface area contributed by atoms with Crippen molar-refractivity contribution in [2.45, 2.75) is 6.92 Å². The predicted octanol–water partition coefficient (Wildman–Crippen LogP) is 0.911. The van der Waals surface area contributed by atoms with Crippen LogP contribution in [0.25, 0.3) is 0 Å². The minimum atomic E-state index is -0.833. The fourth-order valence-corrected chi connectivity index (χ4v) is 1.66. The molecular formula is C11H13F2N3OS. The fourth-order valence-electron chi connectivity index (χ4n) is 1.55. The molecule has 0 aromatic heterocycles. The maximum atomic E-state index is 13.8. The van der Waals surface area contributed by atoms with Gasteiger partial charge in [0, 0.05) is 12.1 Å². The van der Waals surface area contributed by atoms with E-state index < -0.39 is 17.5 Å². The molecule has 1 rings (SSSR count). The lowest BCUT2D eigenvalue weighted by Gasteiger charge is -2.22. The van der Waals surface area contributed by atoms with Crippen LogP contribution in [0.3, 0.4) is 0 Å². The molecule has 0 saturated heterocycles. The number of nitrogens with two attached hydrogens (primary N) is 2. The Kier molecular flexibility index (Phi) is 4.55. The Morgan fingerprint density at radius 3 is 2.17 bits per heavy atom. The fraction of sp³-hybridized carbons (Fsp3) is 0.273. The van der Waals surface area contributed by atoms with Crippen molar-refractivity contribution in [3.63, 3.8) is 0 Å². The van der Waals surface area contributed by atoms with Crippen molar-refractivity contribution in [2.24, 2.45) is 11.5 Å². The number of halogens is 2. The number of nitrogens with zero attached hydrogens (tertiary/aromatic N) is 1. The van der Waals surface area contributed by atoms with Crippen molar-refractivity contribution >= 4 is 28.8 Å². The summed E-state index contributed by atoms with van der Waals surface area (Å²) in [5.74, 6) is -2.34. The third kappa shape index (κ3) is 3.13. The van der Waals surface area contributed by atoms with Gasteiger partial charge in [0.2, 0.25) is 5.91 Å². The Hall–Kier alpha value is -1.76. The highest BCUT2D eigenvalue weighted by Gasteiger charge is 2.18. The van der Waals surface area contributed by atoms with E-state index in [9.17, 15) is 13.6 Å². The average Bonchev–Trinajstić information content (AvgIpc) is 2.25. The highest BCUT2D eigenvalue weighted by molar-refractivity contribution is 7.80. The van der Waals surface area contributed by atoms with Crippen LogP contribution in [0.15, 0.2) is 12.1 Å². The van der Waals surface area contributed by atoms with Gasteiger partial charge in [0.1, 0.15) is 22.3 Å². The zero-order valence-corrected chi connectivity index (χ0v) is 10.6. The van der Waals surface area contributed by atoms with Crippen LogP contribution in [0.1, 0.15) is 12.5 Å². The van der Waals surface area contributed by atoms with Crippen LogP contribution in [0.2, 0.25) is 0 Å². The number of carbonyl (C=O) groups is 1. The molecule has 1 aromatic carbocycles. The summed E-state index contributed by atoms with van der Waals surface area (Å²) in [6, 6.07) is 2.06. The third-order valence-electron chi connectivity index (χ3n) is 2.35. The molecule has 0 saturated carbocycles. The molecule has 0 aliphatic carbocycles. The van der Waals surface area contributed by atoms with Crippen LogP contribution in [0.5, 0.6) is 0 Å². The van der Waals surface area contributed by atoms with Crippen molar-refractivity contribution in [3.8, 4) is 0 Å². The second kappa shape index (κ2) is 5.72. The van der Waals surface area contributed by atoms with Crippen molar-refractivity contribution in [1.29, 1.82) is 0 Å². The maximum absolute atomic E-state index is 13.8. The molecule has 1 aromatic rings. The van der Waals surface area contributed by atoms with E-state index in [2.05, 4.69) is 12.2 Å². The predicted molar refractivity (Wildman–Crippen MR) is 69.3 cm³/mol. The summed E-state index contributed by atoms with van der Waals surface area (Å²) >= 11 is 4.65. The lowest BCUT2D eigenvalue weighted by atomic mass is 10.1. The number of thiocarbonyl (C=S) groups is 1. The number of carbonyl (C=O) groups excluding carboxylic acids is 1. The van der Waals surface area contributed by atoms with Gasteiger partial charge in [0.15, 0.2) is 0 Å². The van der Waals surface area contributed by atoms with Gasteiger partial charge in [0.05, 0.1) is 6.54 Å². The number of primary amides is 1. The molecule has 0 unspecified atom stereocenters. The molecule has 0 aliphatic heterocycles. The molecule has 4 N–H and O–H groups in total. The number of hydrogen-bond donors (Lipinski definition) is 2. The van der Waals surface area contributed by atoms with Crippen LogP contribution in [-0.2, 0) is 4.79 Å². The topological polar surface area (TPSA) is 72.3 Å². The molecular weight excluding hydrogens is 260 g/mol. The molecule has 0 spiro atoms. The van der Waals surface area contributed by atoms with E-state index >= 15 is 0 Å². The molecule has 0 radical (unpaired) electrons. The van der Waals surface area contributed by atoms with Crippen LogP contribution in [0, 0.1) is 11.6 Å². The molecule has 18 heavy (non-hydrogen) atoms. The monoisotopic (exact) mass is 273 g/mol. The van der Waals surface area contributed by atoms with E-state index in [1.54, 1.807) is 6.92 Å². The Labute approximate surface area is 109 Å². The summed E-state index contributed by atoms with van der Waals surface area (Å²) in [7, 11) is 0. The summed E-state index contributed by atoms with van der Waals surface area (Å²) in [6.07, 6.45) is 0. The van der Waals surface area contributed by atoms with Gasteiger partial charge >= 0.3 is 0 Å². The average molecular weight is 273 g/mol. The number of amides is 1. The zero-order valence-electron chi connectivity index (χ0n) is 9.74. The van der Waals surface area contributed by atoms with Gasteiger partial charge in [-0.25, -0.2) is 8.78 Å². The van der Waals surface area contributed by atoms with Crippen molar-refractivity contribution in [1.82, 2.24) is 0 Å². The van der Waals surface area contributed by atoms with E-state index in [1.807, 2.05) is 0 Å². The highest BCUT2D eigenvalue weighted by Crippen LogP contribution is 2.24. The van der Waals surface area contributed by atoms with E-state index in [1.165, 1.54) is 4.90 Å². The quantitative estimate of drug-likeness (QED) is 0.782. The molecule has 1 amide bonds. The largest absolute Gasteiger partial charge is 0.389 e. The van der Waals surface area contributed by atoms with Crippen LogP contribution >= 0.6 is 12.2 Å². The standard InChI is InChI=1S/C11H13F2N3OS/c1-2-16(5-9(14)17)10-7(12)3-6(11(15)18)4-8(10)13/h3-4H,2,5H2,1H3,(H2,14,17)(H2,15,18). The molecule has 0 bridgehead atoms. The summed E-state index contributed by atoms with van der Waals surface area (Å²) in [5.41, 5.74) is 10.1. The Morgan fingerprint density at radius 2 is 1.83 bits per heavy atom. The second-order valence-electron chi connectivity index (χ2n) is 3.63. The first-order valence-electron chi connectivity index (χ1n) is 5.18. The molecule has 0 aliphatic rings. The molecule has 0 heterocycles. The van der Waals surface area contributed by atoms with E-state index in [4.69, 9.17) is 11.5 Å². The summed E-state index contributed by atoms with van der Waals surface area (Å²) in [6.45, 7) is 1.63. The Morgan fingerprint density at radius 1 is 1.33 bits per heavy atom. The molecule has 98 valence electrons. The number of hydrogen-bond acceptors (Lipinski definition) is 3. The summed E-state index contributed by atoms with van der Waals surface area (Å²) in [4.78, 5) is 11.9. The van der Waals surface area contributed by atoms with Crippen molar-refractivity contribution in [2.75, 3.05) is 18.0 Å². The zero-order chi connectivity index (χ0) is 13.9. The van der Waals surface area contributed by atoms with Gasteiger partial charge in [0.25, 0.3) is 0 Å². The Bertz CT molecular complexity index is 470. The Balaban J connectivity index is 3.23. The van der Waals surface area contributed by atoms with Crippen molar-refractivity contribution < 1.29 is 13.6 Å². The summed E-state index contributed by atoms with van der Waals surface area (Å²) in [5, 5.41) is 0.